The predicted molar refractivity (Wildman–Crippen MR) is 83.6 cm³/mol. The maximum atomic E-state index is 12.2. The number of oxazole rings is 1. The highest BCUT2D eigenvalue weighted by Gasteiger charge is 2.23. The third kappa shape index (κ3) is 2.50. The first kappa shape index (κ1) is 14.3. The molecule has 0 fully saturated rings. The van der Waals surface area contributed by atoms with Gasteiger partial charge in [-0.05, 0) is 24.5 Å². The van der Waals surface area contributed by atoms with Gasteiger partial charge in [0.05, 0.1) is 11.9 Å². The number of rotatable bonds is 4. The Hall–Kier alpha value is -1.64. The summed E-state index contributed by atoms with van der Waals surface area (Å²) in [5, 5.41) is 0. The summed E-state index contributed by atoms with van der Waals surface area (Å²) in [5.41, 5.74) is 8.42. The quantitative estimate of drug-likeness (QED) is 0.741. The van der Waals surface area contributed by atoms with Crippen LogP contribution in [0.3, 0.4) is 0 Å². The third-order valence-corrected chi connectivity index (χ3v) is 6.04. The second-order valence-electron chi connectivity index (χ2n) is 4.50. The van der Waals surface area contributed by atoms with E-state index in [1.54, 1.807) is 6.20 Å². The molecule has 1 unspecified atom stereocenters. The van der Waals surface area contributed by atoms with Crippen LogP contribution in [0.2, 0.25) is 0 Å². The average Bonchev–Trinajstić information content (AvgIpc) is 3.08. The standard InChI is InChI=1S/C13H14N4O2S2/c1-3-6-21(18)13-8(14)10-12(20-13)17-9(7(2)16-10)11-15-4-5-19-11/h4-5H,3,6,14H2,1-2H3. The fourth-order valence-corrected chi connectivity index (χ4v) is 4.51. The average molecular weight is 322 g/mol. The van der Waals surface area contributed by atoms with Gasteiger partial charge in [-0.3, -0.25) is 0 Å². The zero-order valence-corrected chi connectivity index (χ0v) is 13.3. The summed E-state index contributed by atoms with van der Waals surface area (Å²) in [6.07, 6.45) is 3.89. The number of hydrogen-bond donors (Lipinski definition) is 1. The van der Waals surface area contributed by atoms with Gasteiger partial charge in [-0.1, -0.05) is 18.3 Å². The van der Waals surface area contributed by atoms with Crippen LogP contribution in [0.4, 0.5) is 5.69 Å². The molecule has 6 nitrogen and oxygen atoms in total. The SMILES string of the molecule is CCC[S+]([O-])c1sc2nc(-c3ncco3)c(C)nc2c1N. The van der Waals surface area contributed by atoms with E-state index in [9.17, 15) is 4.55 Å². The zero-order chi connectivity index (χ0) is 15.0. The molecule has 0 spiro atoms. The second-order valence-corrected chi connectivity index (χ2v) is 7.27. The van der Waals surface area contributed by atoms with Crippen LogP contribution in [0.15, 0.2) is 21.1 Å². The van der Waals surface area contributed by atoms with E-state index in [0.717, 1.165) is 6.42 Å². The molecule has 0 bridgehead atoms. The van der Waals surface area contributed by atoms with Gasteiger partial charge in [-0.2, -0.15) is 0 Å². The van der Waals surface area contributed by atoms with Crippen molar-refractivity contribution in [1.82, 2.24) is 15.0 Å². The topological polar surface area (TPSA) is 101 Å². The van der Waals surface area contributed by atoms with E-state index in [-0.39, 0.29) is 0 Å². The number of hydrogen-bond acceptors (Lipinski definition) is 7. The highest BCUT2D eigenvalue weighted by Crippen LogP contribution is 2.37. The minimum absolute atomic E-state index is 0.421. The van der Waals surface area contributed by atoms with Crippen LogP contribution in [-0.4, -0.2) is 25.3 Å². The minimum atomic E-state index is -1.10. The van der Waals surface area contributed by atoms with Crippen LogP contribution in [0.5, 0.6) is 0 Å². The molecule has 1 atom stereocenters. The molecule has 0 radical (unpaired) electrons. The van der Waals surface area contributed by atoms with Crippen molar-refractivity contribution in [2.45, 2.75) is 24.5 Å². The fraction of sp³-hybridized carbons (Fsp3) is 0.308. The van der Waals surface area contributed by atoms with Crippen LogP contribution >= 0.6 is 11.3 Å². The second kappa shape index (κ2) is 5.63. The Bertz CT molecular complexity index is 770. The molecule has 21 heavy (non-hydrogen) atoms. The van der Waals surface area contributed by atoms with Gasteiger partial charge in [-0.15, -0.1) is 0 Å². The molecule has 3 rings (SSSR count). The lowest BCUT2D eigenvalue weighted by Crippen LogP contribution is -2.06. The smallest absolute Gasteiger partial charge is 0.246 e. The first-order chi connectivity index (χ1) is 10.1. The highest BCUT2D eigenvalue weighted by atomic mass is 32.2. The van der Waals surface area contributed by atoms with Gasteiger partial charge in [0.2, 0.25) is 10.1 Å². The van der Waals surface area contributed by atoms with E-state index in [4.69, 9.17) is 10.2 Å². The van der Waals surface area contributed by atoms with E-state index in [1.165, 1.54) is 17.6 Å². The first-order valence-corrected chi connectivity index (χ1v) is 8.60. The summed E-state index contributed by atoms with van der Waals surface area (Å²) < 4.78 is 18.1. The number of aromatic nitrogens is 3. The van der Waals surface area contributed by atoms with Crippen molar-refractivity contribution >= 4 is 38.5 Å². The molecule has 8 heteroatoms. The van der Waals surface area contributed by atoms with E-state index < -0.39 is 11.2 Å². The van der Waals surface area contributed by atoms with Gasteiger partial charge in [0.1, 0.15) is 33.7 Å². The van der Waals surface area contributed by atoms with Crippen molar-refractivity contribution in [1.29, 1.82) is 0 Å². The molecule has 0 amide bonds. The number of thiophene rings is 1. The number of fused-ring (bicyclic) bond motifs is 1. The van der Waals surface area contributed by atoms with Gasteiger partial charge < -0.3 is 14.7 Å². The third-order valence-electron chi connectivity index (χ3n) is 2.93. The largest absolute Gasteiger partial charge is 0.611 e. The van der Waals surface area contributed by atoms with Crippen LogP contribution in [0, 0.1) is 6.92 Å². The highest BCUT2D eigenvalue weighted by molar-refractivity contribution is 7.93. The summed E-state index contributed by atoms with van der Waals surface area (Å²) in [7, 11) is 0. The Morgan fingerprint density at radius 1 is 1.43 bits per heavy atom. The summed E-state index contributed by atoms with van der Waals surface area (Å²) in [5.74, 6) is 1.01. The van der Waals surface area contributed by atoms with Crippen molar-refractivity contribution < 1.29 is 8.97 Å². The molecule has 0 saturated carbocycles. The van der Waals surface area contributed by atoms with Crippen molar-refractivity contribution in [3.05, 3.63) is 18.2 Å². The summed E-state index contributed by atoms with van der Waals surface area (Å²) in [4.78, 5) is 13.8. The molecule has 0 aliphatic rings. The molecular formula is C13H14N4O2S2. The molecule has 3 heterocycles. The summed E-state index contributed by atoms with van der Waals surface area (Å²) in [6, 6.07) is 0. The lowest BCUT2D eigenvalue weighted by atomic mass is 10.3. The van der Waals surface area contributed by atoms with Crippen LogP contribution in [-0.2, 0) is 11.2 Å². The number of aryl methyl sites for hydroxylation is 1. The fourth-order valence-electron chi connectivity index (χ4n) is 1.98. The van der Waals surface area contributed by atoms with E-state index in [1.807, 2.05) is 13.8 Å². The normalized spacial score (nSPS) is 12.9. The van der Waals surface area contributed by atoms with Crippen LogP contribution in [0.25, 0.3) is 21.9 Å². The van der Waals surface area contributed by atoms with Crippen LogP contribution < -0.4 is 5.73 Å². The lowest BCUT2D eigenvalue weighted by Gasteiger charge is -2.06. The van der Waals surface area contributed by atoms with Crippen molar-refractivity contribution in [2.75, 3.05) is 11.5 Å². The zero-order valence-electron chi connectivity index (χ0n) is 11.6. The molecule has 0 aromatic carbocycles. The Morgan fingerprint density at radius 2 is 2.24 bits per heavy atom. The Balaban J connectivity index is 2.14. The van der Waals surface area contributed by atoms with E-state index in [0.29, 0.717) is 43.3 Å². The maximum Gasteiger partial charge on any atom is 0.246 e. The van der Waals surface area contributed by atoms with Crippen molar-refractivity contribution in [3.63, 3.8) is 0 Å². The molecule has 3 aromatic rings. The summed E-state index contributed by atoms with van der Waals surface area (Å²) in [6.45, 7) is 3.81. The van der Waals surface area contributed by atoms with Crippen molar-refractivity contribution in [2.24, 2.45) is 0 Å². The van der Waals surface area contributed by atoms with Crippen LogP contribution in [0.1, 0.15) is 19.0 Å². The monoisotopic (exact) mass is 322 g/mol. The number of nitrogens with zero attached hydrogens (tertiary/aromatic N) is 3. The van der Waals surface area contributed by atoms with Gasteiger partial charge in [-0.25, -0.2) is 15.0 Å². The van der Waals surface area contributed by atoms with Gasteiger partial charge >= 0.3 is 0 Å². The molecule has 2 N–H and O–H groups in total. The predicted octanol–water partition coefficient (Wildman–Crippen LogP) is 2.75. The van der Waals surface area contributed by atoms with Gasteiger partial charge in [0.15, 0.2) is 0 Å². The Kier molecular flexibility index (Phi) is 3.83. The Morgan fingerprint density at radius 3 is 2.90 bits per heavy atom. The molecule has 0 aliphatic carbocycles. The van der Waals surface area contributed by atoms with Crippen molar-refractivity contribution in [3.8, 4) is 11.6 Å². The number of anilines is 1. The lowest BCUT2D eigenvalue weighted by molar-refractivity contribution is 0.571. The first-order valence-electron chi connectivity index (χ1n) is 6.46. The maximum absolute atomic E-state index is 12.2. The summed E-state index contributed by atoms with van der Waals surface area (Å²) >= 11 is 0.221. The minimum Gasteiger partial charge on any atom is -0.611 e. The molecule has 0 saturated heterocycles. The van der Waals surface area contributed by atoms with E-state index >= 15 is 0 Å². The molecule has 110 valence electrons. The molecular weight excluding hydrogens is 308 g/mol. The molecule has 3 aromatic heterocycles. The van der Waals surface area contributed by atoms with Gasteiger partial charge in [0, 0.05) is 0 Å². The molecule has 0 aliphatic heterocycles. The van der Waals surface area contributed by atoms with E-state index in [2.05, 4.69) is 15.0 Å². The Labute approximate surface area is 128 Å². The number of nitrogen functional groups attached to an aromatic ring is 1. The number of nitrogens with two attached hydrogens (primary N) is 1. The van der Waals surface area contributed by atoms with Gasteiger partial charge in [0.25, 0.3) is 0 Å².